The highest BCUT2D eigenvalue weighted by atomic mass is 16.3. The predicted octanol–water partition coefficient (Wildman–Crippen LogP) is 13.3. The molecule has 2 heteroatoms. The van der Waals surface area contributed by atoms with Gasteiger partial charge in [-0.2, -0.15) is 0 Å². The SMILES string of the molecule is CC1(C)c2ccccc2-c2cc(N(c3cccc(-c4ccc5c(c4)oc4ccccc45)c3)c3ccc4c(c3)-c3ccccc3C4(C)C)ccc21. The molecule has 0 aliphatic heterocycles. The van der Waals surface area contributed by atoms with E-state index in [-0.39, 0.29) is 10.8 Å². The van der Waals surface area contributed by atoms with Gasteiger partial charge in [-0.15, -0.1) is 0 Å². The molecule has 1 aromatic heterocycles. The minimum atomic E-state index is -0.0482. The van der Waals surface area contributed by atoms with Gasteiger partial charge in [0.2, 0.25) is 0 Å². The molecule has 1 heterocycles. The first-order chi connectivity index (χ1) is 24.3. The van der Waals surface area contributed by atoms with Gasteiger partial charge >= 0.3 is 0 Å². The third kappa shape index (κ3) is 4.08. The molecule has 7 aromatic carbocycles. The zero-order chi connectivity index (χ0) is 33.8. The number of benzene rings is 7. The van der Waals surface area contributed by atoms with Crippen LogP contribution in [0.1, 0.15) is 49.9 Å². The Morgan fingerprint density at radius 2 is 0.900 bits per heavy atom. The summed E-state index contributed by atoms with van der Waals surface area (Å²) in [6, 6.07) is 55.7. The third-order valence-corrected chi connectivity index (χ3v) is 11.5. The Kier molecular flexibility index (Phi) is 6.01. The number of rotatable bonds is 4. The summed E-state index contributed by atoms with van der Waals surface area (Å²) >= 11 is 0. The van der Waals surface area contributed by atoms with Gasteiger partial charge in [0.15, 0.2) is 0 Å². The fourth-order valence-electron chi connectivity index (χ4n) is 8.87. The van der Waals surface area contributed by atoms with Crippen LogP contribution in [-0.4, -0.2) is 0 Å². The minimum Gasteiger partial charge on any atom is -0.456 e. The Morgan fingerprint density at radius 1 is 0.380 bits per heavy atom. The third-order valence-electron chi connectivity index (χ3n) is 11.5. The summed E-state index contributed by atoms with van der Waals surface area (Å²) in [5.74, 6) is 0. The summed E-state index contributed by atoms with van der Waals surface area (Å²) in [5.41, 5.74) is 18.2. The van der Waals surface area contributed by atoms with E-state index in [9.17, 15) is 0 Å². The van der Waals surface area contributed by atoms with Crippen LogP contribution in [0.5, 0.6) is 0 Å². The summed E-state index contributed by atoms with van der Waals surface area (Å²) in [5, 5.41) is 2.29. The van der Waals surface area contributed by atoms with Crippen LogP contribution in [0.4, 0.5) is 17.1 Å². The summed E-state index contributed by atoms with van der Waals surface area (Å²) in [4.78, 5) is 2.44. The van der Waals surface area contributed by atoms with Gasteiger partial charge in [-0.25, -0.2) is 0 Å². The zero-order valence-corrected chi connectivity index (χ0v) is 28.8. The highest BCUT2D eigenvalue weighted by molar-refractivity contribution is 6.06. The van der Waals surface area contributed by atoms with Crippen LogP contribution < -0.4 is 4.90 Å². The van der Waals surface area contributed by atoms with Gasteiger partial charge in [-0.3, -0.25) is 0 Å². The van der Waals surface area contributed by atoms with E-state index < -0.39 is 0 Å². The second kappa shape index (κ2) is 10.3. The quantitative estimate of drug-likeness (QED) is 0.190. The van der Waals surface area contributed by atoms with Gasteiger partial charge in [-0.1, -0.05) is 125 Å². The van der Waals surface area contributed by atoms with Crippen molar-refractivity contribution in [3.05, 3.63) is 174 Å². The molecule has 0 spiro atoms. The van der Waals surface area contributed by atoms with Crippen molar-refractivity contribution in [2.24, 2.45) is 0 Å². The molecule has 2 nitrogen and oxygen atoms in total. The molecule has 10 rings (SSSR count). The van der Waals surface area contributed by atoms with Crippen LogP contribution in [0.2, 0.25) is 0 Å². The zero-order valence-electron chi connectivity index (χ0n) is 28.8. The van der Waals surface area contributed by atoms with Crippen LogP contribution >= 0.6 is 0 Å². The highest BCUT2D eigenvalue weighted by Gasteiger charge is 2.37. The van der Waals surface area contributed by atoms with Crippen LogP contribution in [0, 0.1) is 0 Å². The van der Waals surface area contributed by atoms with E-state index >= 15 is 0 Å². The van der Waals surface area contributed by atoms with Crippen molar-refractivity contribution >= 4 is 39.0 Å². The molecular weight excluding hydrogens is 607 g/mol. The molecule has 50 heavy (non-hydrogen) atoms. The maximum Gasteiger partial charge on any atom is 0.136 e. The lowest BCUT2D eigenvalue weighted by molar-refractivity contribution is 0.660. The molecule has 0 unspecified atom stereocenters. The van der Waals surface area contributed by atoms with E-state index in [1.54, 1.807) is 0 Å². The number of furan rings is 1. The molecule has 8 aromatic rings. The molecule has 2 aliphatic carbocycles. The standard InChI is InChI=1S/C48H37NO/c1-47(2)41-17-8-5-14-35(41)39-28-33(21-24-43(39)47)49(34-22-25-44-40(29-34)36-15-6-9-18-42(36)48(44,3)4)32-13-11-12-30(26-32)31-20-23-38-37-16-7-10-19-45(37)50-46(38)27-31/h5-29H,1-4H3. The van der Waals surface area contributed by atoms with Gasteiger partial charge in [0.1, 0.15) is 11.2 Å². The number of para-hydroxylation sites is 1. The Bertz CT molecular complexity index is 2560. The molecule has 0 saturated carbocycles. The van der Waals surface area contributed by atoms with Crippen LogP contribution in [0.3, 0.4) is 0 Å². The number of fused-ring (bicyclic) bond motifs is 9. The Morgan fingerprint density at radius 3 is 1.56 bits per heavy atom. The van der Waals surface area contributed by atoms with Crippen LogP contribution in [0.25, 0.3) is 55.3 Å². The molecule has 2 aliphatic rings. The average Bonchev–Trinajstić information content (AvgIpc) is 3.71. The number of hydrogen-bond acceptors (Lipinski definition) is 2. The molecule has 0 fully saturated rings. The van der Waals surface area contributed by atoms with Gasteiger partial charge in [0, 0.05) is 38.7 Å². The van der Waals surface area contributed by atoms with E-state index in [0.717, 1.165) is 50.1 Å². The smallest absolute Gasteiger partial charge is 0.136 e. The molecule has 0 N–H and O–H groups in total. The van der Waals surface area contributed by atoms with Crippen molar-refractivity contribution in [1.82, 2.24) is 0 Å². The average molecular weight is 644 g/mol. The monoisotopic (exact) mass is 643 g/mol. The van der Waals surface area contributed by atoms with Crippen molar-refractivity contribution in [1.29, 1.82) is 0 Å². The summed E-state index contributed by atoms with van der Waals surface area (Å²) < 4.78 is 6.30. The first-order valence-electron chi connectivity index (χ1n) is 17.6. The van der Waals surface area contributed by atoms with Gasteiger partial charge < -0.3 is 9.32 Å². The van der Waals surface area contributed by atoms with Crippen molar-refractivity contribution in [3.8, 4) is 33.4 Å². The second-order valence-electron chi connectivity index (χ2n) is 15.0. The van der Waals surface area contributed by atoms with Crippen molar-refractivity contribution in [2.45, 2.75) is 38.5 Å². The molecule has 240 valence electrons. The Hall–Kier alpha value is -5.86. The van der Waals surface area contributed by atoms with Crippen molar-refractivity contribution < 1.29 is 4.42 Å². The van der Waals surface area contributed by atoms with Gasteiger partial charge in [-0.05, 0) is 110 Å². The predicted molar refractivity (Wildman–Crippen MR) is 209 cm³/mol. The highest BCUT2D eigenvalue weighted by Crippen LogP contribution is 2.53. The van der Waals surface area contributed by atoms with Gasteiger partial charge in [0.05, 0.1) is 0 Å². The fourth-order valence-corrected chi connectivity index (χ4v) is 8.87. The van der Waals surface area contributed by atoms with Crippen molar-refractivity contribution in [2.75, 3.05) is 4.90 Å². The molecule has 0 saturated heterocycles. The maximum atomic E-state index is 6.30. The molecule has 0 radical (unpaired) electrons. The first kappa shape index (κ1) is 29.1. The molecule has 0 amide bonds. The summed E-state index contributed by atoms with van der Waals surface area (Å²) in [7, 11) is 0. The lowest BCUT2D eigenvalue weighted by Gasteiger charge is -2.28. The Labute approximate surface area is 293 Å². The second-order valence-corrected chi connectivity index (χ2v) is 15.0. The lowest BCUT2D eigenvalue weighted by Crippen LogP contribution is -2.16. The number of nitrogens with zero attached hydrogens (tertiary/aromatic N) is 1. The normalized spacial score (nSPS) is 14.7. The summed E-state index contributed by atoms with van der Waals surface area (Å²) in [6.45, 7) is 9.38. The summed E-state index contributed by atoms with van der Waals surface area (Å²) in [6.07, 6.45) is 0. The topological polar surface area (TPSA) is 16.4 Å². The van der Waals surface area contributed by atoms with Crippen molar-refractivity contribution in [3.63, 3.8) is 0 Å². The van der Waals surface area contributed by atoms with E-state index in [0.29, 0.717) is 0 Å². The van der Waals surface area contributed by atoms with E-state index in [1.807, 2.05) is 12.1 Å². The minimum absolute atomic E-state index is 0.0482. The van der Waals surface area contributed by atoms with Gasteiger partial charge in [0.25, 0.3) is 0 Å². The number of anilines is 3. The van der Waals surface area contributed by atoms with E-state index in [1.165, 1.54) is 44.5 Å². The molecular formula is C48H37NO. The lowest BCUT2D eigenvalue weighted by atomic mass is 9.82. The molecule has 0 atom stereocenters. The number of hydrogen-bond donors (Lipinski definition) is 0. The van der Waals surface area contributed by atoms with E-state index in [4.69, 9.17) is 4.42 Å². The fraction of sp³-hybridized carbons (Fsp3) is 0.125. The first-order valence-corrected chi connectivity index (χ1v) is 17.6. The Balaban J connectivity index is 1.16. The maximum absolute atomic E-state index is 6.30. The largest absolute Gasteiger partial charge is 0.456 e. The van der Waals surface area contributed by atoms with Crippen LogP contribution in [-0.2, 0) is 10.8 Å². The van der Waals surface area contributed by atoms with Crippen LogP contribution in [0.15, 0.2) is 156 Å². The van der Waals surface area contributed by atoms with E-state index in [2.05, 4.69) is 172 Å². The molecule has 0 bridgehead atoms.